The van der Waals surface area contributed by atoms with E-state index in [0.717, 1.165) is 53.8 Å². The van der Waals surface area contributed by atoms with E-state index < -0.39 is 0 Å². The highest BCUT2D eigenvalue weighted by Crippen LogP contribution is 2.29. The number of fused-ring (bicyclic) bond motifs is 1. The van der Waals surface area contributed by atoms with E-state index in [4.69, 9.17) is 19.8 Å². The second-order valence-corrected chi connectivity index (χ2v) is 8.39. The maximum Gasteiger partial charge on any atom is 0.228 e. The molecule has 2 aromatic rings. The summed E-state index contributed by atoms with van der Waals surface area (Å²) in [6, 6.07) is 0.692. The maximum absolute atomic E-state index is 5.28. The van der Waals surface area contributed by atoms with Crippen molar-refractivity contribution in [3.8, 4) is 0 Å². The van der Waals surface area contributed by atoms with Crippen LogP contribution in [0.3, 0.4) is 0 Å². The fourth-order valence-corrected chi connectivity index (χ4v) is 3.90. The van der Waals surface area contributed by atoms with E-state index in [1.165, 1.54) is 0 Å². The van der Waals surface area contributed by atoms with Crippen molar-refractivity contribution in [2.24, 2.45) is 10.9 Å². The van der Waals surface area contributed by atoms with Crippen LogP contribution in [0.2, 0.25) is 0 Å². The van der Waals surface area contributed by atoms with Crippen molar-refractivity contribution in [1.82, 2.24) is 25.1 Å². The molecule has 1 unspecified atom stereocenters. The third kappa shape index (κ3) is 4.17. The first-order chi connectivity index (χ1) is 14.5. The number of allylic oxidation sites excluding steroid dienone is 1. The van der Waals surface area contributed by atoms with Gasteiger partial charge in [-0.15, -0.1) is 0 Å². The molecule has 4 rings (SSSR count). The zero-order valence-electron chi connectivity index (χ0n) is 18.5. The van der Waals surface area contributed by atoms with Crippen molar-refractivity contribution in [2.75, 3.05) is 37.0 Å². The first kappa shape index (κ1) is 20.7. The topological polar surface area (TPSA) is 92.5 Å². The van der Waals surface area contributed by atoms with Crippen molar-refractivity contribution in [3.63, 3.8) is 0 Å². The van der Waals surface area contributed by atoms with Gasteiger partial charge < -0.3 is 20.3 Å². The van der Waals surface area contributed by atoms with E-state index >= 15 is 0 Å². The van der Waals surface area contributed by atoms with Gasteiger partial charge in [0.15, 0.2) is 5.82 Å². The highest BCUT2D eigenvalue weighted by Gasteiger charge is 2.27. The molecule has 1 fully saturated rings. The van der Waals surface area contributed by atoms with E-state index in [1.807, 2.05) is 17.8 Å². The minimum absolute atomic E-state index is 0.308. The van der Waals surface area contributed by atoms with Crippen LogP contribution in [-0.4, -0.2) is 64.9 Å². The average molecular weight is 413 g/mol. The van der Waals surface area contributed by atoms with Crippen LogP contribution in [0.5, 0.6) is 0 Å². The van der Waals surface area contributed by atoms with Gasteiger partial charge in [-0.1, -0.05) is 6.92 Å². The third-order valence-corrected chi connectivity index (χ3v) is 5.67. The second-order valence-electron chi connectivity index (χ2n) is 8.39. The third-order valence-electron chi connectivity index (χ3n) is 5.67. The van der Waals surface area contributed by atoms with Crippen LogP contribution in [0.15, 0.2) is 16.9 Å². The Labute approximate surface area is 177 Å². The number of hydrogen-bond donors (Lipinski definition) is 2. The number of nitrogens with zero attached hydrogens (tertiary/aromatic N) is 6. The first-order valence-electron chi connectivity index (χ1n) is 10.7. The summed E-state index contributed by atoms with van der Waals surface area (Å²) in [6.45, 7) is 11.5. The summed E-state index contributed by atoms with van der Waals surface area (Å²) in [5.74, 6) is 2.74. The van der Waals surface area contributed by atoms with Crippen molar-refractivity contribution in [2.45, 2.75) is 52.7 Å². The van der Waals surface area contributed by atoms with Crippen LogP contribution in [0.25, 0.3) is 11.0 Å². The van der Waals surface area contributed by atoms with Crippen molar-refractivity contribution in [1.29, 1.82) is 0 Å². The Hall–Kier alpha value is -2.52. The Morgan fingerprint density at radius 3 is 2.83 bits per heavy atom. The predicted octanol–water partition coefficient (Wildman–Crippen LogP) is 2.33. The van der Waals surface area contributed by atoms with E-state index in [1.54, 1.807) is 7.11 Å². The molecule has 0 spiro atoms. The molecule has 2 aliphatic heterocycles. The normalized spacial score (nSPS) is 24.4. The van der Waals surface area contributed by atoms with E-state index in [-0.39, 0.29) is 0 Å². The molecule has 30 heavy (non-hydrogen) atoms. The lowest BCUT2D eigenvalue weighted by Gasteiger charge is -2.37. The molecular weight excluding hydrogens is 380 g/mol. The molecule has 2 aliphatic rings. The first-order valence-corrected chi connectivity index (χ1v) is 10.7. The molecule has 4 heterocycles. The summed E-state index contributed by atoms with van der Waals surface area (Å²) in [5.41, 5.74) is 2.64. The maximum atomic E-state index is 5.28. The van der Waals surface area contributed by atoms with Gasteiger partial charge in [0.1, 0.15) is 16.9 Å². The van der Waals surface area contributed by atoms with Crippen LogP contribution >= 0.6 is 0 Å². The zero-order chi connectivity index (χ0) is 21.3. The van der Waals surface area contributed by atoms with Crippen LogP contribution in [-0.2, 0) is 11.3 Å². The van der Waals surface area contributed by atoms with Crippen LogP contribution < -0.4 is 15.5 Å². The van der Waals surface area contributed by atoms with Gasteiger partial charge in [0, 0.05) is 38.5 Å². The highest BCUT2D eigenvalue weighted by atomic mass is 16.5. The number of aliphatic imine (C=N–C) groups is 1. The number of piperazine rings is 1. The number of rotatable bonds is 6. The Morgan fingerprint density at radius 1 is 1.27 bits per heavy atom. The van der Waals surface area contributed by atoms with Crippen LogP contribution in [0.1, 0.15) is 32.9 Å². The lowest BCUT2D eigenvalue weighted by Crippen LogP contribution is -2.55. The van der Waals surface area contributed by atoms with Gasteiger partial charge in [-0.3, -0.25) is 4.68 Å². The van der Waals surface area contributed by atoms with Gasteiger partial charge >= 0.3 is 0 Å². The fourth-order valence-electron chi connectivity index (χ4n) is 3.90. The SMILES string of the molecule is COCCn1nc(C)c2nc(N3C[C@H](C)NC[C@H]3C)nc(NC3=CCC(C)C=N3)c21. The zero-order valence-corrected chi connectivity index (χ0v) is 18.5. The molecule has 2 aromatic heterocycles. The molecule has 0 radical (unpaired) electrons. The molecule has 0 bridgehead atoms. The largest absolute Gasteiger partial charge is 0.383 e. The van der Waals surface area contributed by atoms with Crippen molar-refractivity contribution in [3.05, 3.63) is 17.6 Å². The minimum atomic E-state index is 0.308. The molecule has 0 aliphatic carbocycles. The molecule has 0 amide bonds. The Bertz CT molecular complexity index is 966. The smallest absolute Gasteiger partial charge is 0.228 e. The number of anilines is 2. The van der Waals surface area contributed by atoms with Gasteiger partial charge in [-0.25, -0.2) is 9.98 Å². The summed E-state index contributed by atoms with van der Waals surface area (Å²) in [5, 5.41) is 11.7. The number of nitrogens with one attached hydrogen (secondary N) is 2. The number of aromatic nitrogens is 4. The molecule has 3 atom stereocenters. The average Bonchev–Trinajstić information content (AvgIpc) is 3.05. The highest BCUT2D eigenvalue weighted by molar-refractivity contribution is 5.89. The fraction of sp³-hybridized carbons (Fsp3) is 0.619. The van der Waals surface area contributed by atoms with Gasteiger partial charge in [0.05, 0.1) is 18.8 Å². The Morgan fingerprint density at radius 2 is 2.10 bits per heavy atom. The van der Waals surface area contributed by atoms with Gasteiger partial charge in [0.2, 0.25) is 5.95 Å². The number of hydrogen-bond acceptors (Lipinski definition) is 8. The van der Waals surface area contributed by atoms with E-state index in [2.05, 4.69) is 47.4 Å². The van der Waals surface area contributed by atoms with Crippen molar-refractivity contribution >= 4 is 29.0 Å². The Kier molecular flexibility index (Phi) is 6.01. The molecule has 1 saturated heterocycles. The van der Waals surface area contributed by atoms with Crippen LogP contribution in [0, 0.1) is 12.8 Å². The molecular formula is C21H32N8O. The lowest BCUT2D eigenvalue weighted by atomic mass is 10.1. The van der Waals surface area contributed by atoms with E-state index in [9.17, 15) is 0 Å². The summed E-state index contributed by atoms with van der Waals surface area (Å²) in [6.07, 6.45) is 5.06. The van der Waals surface area contributed by atoms with Crippen molar-refractivity contribution < 1.29 is 4.74 Å². The molecule has 0 aromatic carbocycles. The second kappa shape index (κ2) is 8.69. The number of methoxy groups -OCH3 is 1. The summed E-state index contributed by atoms with van der Waals surface area (Å²) in [4.78, 5) is 16.8. The van der Waals surface area contributed by atoms with Gasteiger partial charge in [0.25, 0.3) is 0 Å². The molecule has 0 saturated carbocycles. The monoisotopic (exact) mass is 412 g/mol. The summed E-state index contributed by atoms with van der Waals surface area (Å²) in [7, 11) is 1.70. The molecule has 9 heteroatoms. The predicted molar refractivity (Wildman–Crippen MR) is 120 cm³/mol. The summed E-state index contributed by atoms with van der Waals surface area (Å²) >= 11 is 0. The molecule has 9 nitrogen and oxygen atoms in total. The molecule has 162 valence electrons. The standard InChI is InChI=1S/C21H32N8O/c1-13-6-7-17(23-10-13)24-20-19-18(16(4)27-29(19)8-9-30-5)25-21(26-20)28-12-14(2)22-11-15(28)3/h7,10,13-15,22H,6,8-9,11-12H2,1-5H3,(H,24,25,26)/t13?,14-,15+/m0/s1. The summed E-state index contributed by atoms with van der Waals surface area (Å²) < 4.78 is 7.21. The molecule has 2 N–H and O–H groups in total. The number of aryl methyl sites for hydroxylation is 1. The quantitative estimate of drug-likeness (QED) is 0.752. The minimum Gasteiger partial charge on any atom is -0.383 e. The number of ether oxygens (including phenoxy) is 1. The lowest BCUT2D eigenvalue weighted by molar-refractivity contribution is 0.185. The van der Waals surface area contributed by atoms with Gasteiger partial charge in [-0.2, -0.15) is 10.1 Å². The van der Waals surface area contributed by atoms with Gasteiger partial charge in [-0.05, 0) is 39.2 Å². The van der Waals surface area contributed by atoms with E-state index in [0.29, 0.717) is 31.2 Å². The Balaban J connectivity index is 1.79. The van der Waals surface area contributed by atoms with Crippen LogP contribution in [0.4, 0.5) is 11.8 Å².